The van der Waals surface area contributed by atoms with Crippen LogP contribution in [0.2, 0.25) is 0 Å². The highest BCUT2D eigenvalue weighted by molar-refractivity contribution is 5.99. The molecule has 1 aromatic carbocycles. The van der Waals surface area contributed by atoms with E-state index >= 15 is 0 Å². The molecule has 0 spiro atoms. The van der Waals surface area contributed by atoms with E-state index in [1.165, 1.54) is 12.5 Å². The van der Waals surface area contributed by atoms with Crippen molar-refractivity contribution in [2.24, 2.45) is 0 Å². The average Bonchev–Trinajstić information content (AvgIpc) is 3.26. The molecule has 0 atom stereocenters. The van der Waals surface area contributed by atoms with Gasteiger partial charge < -0.3 is 14.5 Å². The molecule has 1 amide bonds. The molecule has 8 heteroatoms. The van der Waals surface area contributed by atoms with E-state index in [-0.39, 0.29) is 25.2 Å². The van der Waals surface area contributed by atoms with Crippen LogP contribution < -0.4 is 10.1 Å². The van der Waals surface area contributed by atoms with Crippen molar-refractivity contribution in [3.63, 3.8) is 0 Å². The molecule has 2 heterocycles. The SMILES string of the molecule is COc1cc(C2=CCC(F)(F)CC2)c2ncc(C(=O)NCCc3ncco3)cc2c1. The predicted molar refractivity (Wildman–Crippen MR) is 108 cm³/mol. The Kier molecular flexibility index (Phi) is 5.48. The molecule has 0 bridgehead atoms. The molecule has 1 aliphatic rings. The number of amides is 1. The lowest BCUT2D eigenvalue weighted by molar-refractivity contribution is -0.00602. The maximum Gasteiger partial charge on any atom is 0.252 e. The second kappa shape index (κ2) is 8.22. The Balaban J connectivity index is 1.59. The number of aromatic nitrogens is 2. The number of halogens is 2. The van der Waals surface area contributed by atoms with Gasteiger partial charge in [0.15, 0.2) is 5.89 Å². The number of rotatable bonds is 6. The minimum absolute atomic E-state index is 0.192. The Morgan fingerprint density at radius 2 is 2.17 bits per heavy atom. The van der Waals surface area contributed by atoms with Crippen LogP contribution in [0, 0.1) is 0 Å². The topological polar surface area (TPSA) is 77.2 Å². The van der Waals surface area contributed by atoms with Crippen molar-refractivity contribution >= 4 is 22.4 Å². The molecule has 1 aliphatic carbocycles. The molecule has 0 radical (unpaired) electrons. The molecule has 30 heavy (non-hydrogen) atoms. The summed E-state index contributed by atoms with van der Waals surface area (Å²) < 4.78 is 37.6. The molecule has 2 aromatic heterocycles. The van der Waals surface area contributed by atoms with Crippen molar-refractivity contribution in [2.75, 3.05) is 13.7 Å². The first-order valence-electron chi connectivity index (χ1n) is 9.67. The number of fused-ring (bicyclic) bond motifs is 1. The molecular formula is C22H21F2N3O3. The van der Waals surface area contributed by atoms with Crippen molar-refractivity contribution in [1.82, 2.24) is 15.3 Å². The van der Waals surface area contributed by atoms with Crippen LogP contribution >= 0.6 is 0 Å². The van der Waals surface area contributed by atoms with E-state index in [4.69, 9.17) is 9.15 Å². The summed E-state index contributed by atoms with van der Waals surface area (Å²) in [7, 11) is 1.54. The largest absolute Gasteiger partial charge is 0.497 e. The third kappa shape index (κ3) is 4.32. The van der Waals surface area contributed by atoms with Gasteiger partial charge in [0.2, 0.25) is 0 Å². The summed E-state index contributed by atoms with van der Waals surface area (Å²) in [6.07, 6.45) is 6.38. The first kappa shape index (κ1) is 20.0. The maximum absolute atomic E-state index is 13.5. The van der Waals surface area contributed by atoms with E-state index in [9.17, 15) is 13.6 Å². The van der Waals surface area contributed by atoms with Crippen molar-refractivity contribution in [1.29, 1.82) is 0 Å². The number of hydrogen-bond donors (Lipinski definition) is 1. The fourth-order valence-corrected chi connectivity index (χ4v) is 3.51. The summed E-state index contributed by atoms with van der Waals surface area (Å²) in [6.45, 7) is 0.377. The number of carbonyl (C=O) groups excluding carboxylic acids is 1. The lowest BCUT2D eigenvalue weighted by Crippen LogP contribution is -2.25. The van der Waals surface area contributed by atoms with Gasteiger partial charge >= 0.3 is 0 Å². The zero-order valence-electron chi connectivity index (χ0n) is 16.5. The molecule has 0 saturated heterocycles. The Morgan fingerprint density at radius 1 is 1.30 bits per heavy atom. The molecule has 0 saturated carbocycles. The Labute approximate surface area is 172 Å². The zero-order valence-corrected chi connectivity index (χ0v) is 16.5. The third-order valence-electron chi connectivity index (χ3n) is 5.12. The van der Waals surface area contributed by atoms with Crippen molar-refractivity contribution in [3.8, 4) is 5.75 Å². The number of alkyl halides is 2. The molecule has 0 unspecified atom stereocenters. The van der Waals surface area contributed by atoms with Gasteiger partial charge in [0.05, 0.1) is 24.4 Å². The van der Waals surface area contributed by atoms with Crippen LogP contribution in [0.5, 0.6) is 5.75 Å². The smallest absolute Gasteiger partial charge is 0.252 e. The van der Waals surface area contributed by atoms with Crippen molar-refractivity contribution < 1.29 is 22.7 Å². The number of nitrogens with zero attached hydrogens (tertiary/aromatic N) is 2. The summed E-state index contributed by atoms with van der Waals surface area (Å²) in [5.41, 5.74) is 2.64. The molecule has 4 rings (SSSR count). The fraction of sp³-hybridized carbons (Fsp3) is 0.318. The number of pyridine rings is 1. The van der Waals surface area contributed by atoms with Crippen molar-refractivity contribution in [3.05, 3.63) is 59.9 Å². The number of benzene rings is 1. The van der Waals surface area contributed by atoms with E-state index in [1.807, 2.05) is 0 Å². The first-order valence-corrected chi connectivity index (χ1v) is 9.67. The predicted octanol–water partition coefficient (Wildman–Crippen LogP) is 4.41. The quantitative estimate of drug-likeness (QED) is 0.648. The van der Waals surface area contributed by atoms with E-state index in [0.29, 0.717) is 41.1 Å². The summed E-state index contributed by atoms with van der Waals surface area (Å²) in [6, 6.07) is 5.32. The monoisotopic (exact) mass is 413 g/mol. The molecule has 0 fully saturated rings. The Morgan fingerprint density at radius 3 is 2.87 bits per heavy atom. The number of carbonyl (C=O) groups is 1. The minimum Gasteiger partial charge on any atom is -0.497 e. The number of ether oxygens (including phenoxy) is 1. The van der Waals surface area contributed by atoms with Crippen LogP contribution in [0.4, 0.5) is 8.78 Å². The second-order valence-corrected chi connectivity index (χ2v) is 7.19. The van der Waals surface area contributed by atoms with E-state index < -0.39 is 5.92 Å². The summed E-state index contributed by atoms with van der Waals surface area (Å²) in [5.74, 6) is -1.80. The van der Waals surface area contributed by atoms with Gasteiger partial charge in [-0.05, 0) is 30.2 Å². The standard InChI is InChI=1S/C22H21F2N3O3/c1-29-17-11-15-10-16(21(28)26-7-4-19-25-8-9-30-19)13-27-20(15)18(12-17)14-2-5-22(23,24)6-3-14/h2,8-13H,3-7H2,1H3,(H,26,28). The van der Waals surface area contributed by atoms with E-state index in [2.05, 4.69) is 15.3 Å². The Bertz CT molecular complexity index is 1090. The molecule has 0 aliphatic heterocycles. The first-order chi connectivity index (χ1) is 14.4. The number of methoxy groups -OCH3 is 1. The number of allylic oxidation sites excluding steroid dienone is 2. The van der Waals surface area contributed by atoms with Gasteiger partial charge in [-0.2, -0.15) is 0 Å². The second-order valence-electron chi connectivity index (χ2n) is 7.19. The highest BCUT2D eigenvalue weighted by Gasteiger charge is 2.31. The van der Waals surface area contributed by atoms with Crippen LogP contribution in [-0.2, 0) is 6.42 Å². The van der Waals surface area contributed by atoms with Gasteiger partial charge in [0.25, 0.3) is 11.8 Å². The van der Waals surface area contributed by atoms with Gasteiger partial charge in [0.1, 0.15) is 12.0 Å². The van der Waals surface area contributed by atoms with Gasteiger partial charge in [-0.3, -0.25) is 9.78 Å². The molecular weight excluding hydrogens is 392 g/mol. The molecule has 3 aromatic rings. The number of hydrogen-bond acceptors (Lipinski definition) is 5. The lowest BCUT2D eigenvalue weighted by Gasteiger charge is -2.22. The normalized spacial score (nSPS) is 15.6. The number of nitrogens with one attached hydrogen (secondary N) is 1. The van der Waals surface area contributed by atoms with Crippen LogP contribution in [0.3, 0.4) is 0 Å². The fourth-order valence-electron chi connectivity index (χ4n) is 3.51. The third-order valence-corrected chi connectivity index (χ3v) is 5.12. The van der Waals surface area contributed by atoms with Gasteiger partial charge in [-0.15, -0.1) is 0 Å². The highest BCUT2D eigenvalue weighted by Crippen LogP contribution is 2.39. The maximum atomic E-state index is 13.5. The van der Waals surface area contributed by atoms with Crippen molar-refractivity contribution in [2.45, 2.75) is 31.6 Å². The van der Waals surface area contributed by atoms with E-state index in [1.54, 1.807) is 37.6 Å². The van der Waals surface area contributed by atoms with Gasteiger partial charge in [-0.1, -0.05) is 6.08 Å². The molecule has 1 N–H and O–H groups in total. The summed E-state index contributed by atoms with van der Waals surface area (Å²) in [4.78, 5) is 21.0. The molecule has 6 nitrogen and oxygen atoms in total. The molecule has 156 valence electrons. The summed E-state index contributed by atoms with van der Waals surface area (Å²) in [5, 5.41) is 3.52. The van der Waals surface area contributed by atoms with Crippen LogP contribution in [0.1, 0.15) is 41.1 Å². The van der Waals surface area contributed by atoms with Crippen LogP contribution in [0.25, 0.3) is 16.5 Å². The summed E-state index contributed by atoms with van der Waals surface area (Å²) >= 11 is 0. The lowest BCUT2D eigenvalue weighted by atomic mass is 9.90. The van der Waals surface area contributed by atoms with Gasteiger partial charge in [-0.25, -0.2) is 13.8 Å². The van der Waals surface area contributed by atoms with E-state index in [0.717, 1.165) is 11.1 Å². The highest BCUT2D eigenvalue weighted by atomic mass is 19.3. The van der Waals surface area contributed by atoms with Crippen LogP contribution in [0.15, 0.2) is 47.3 Å². The Hall–Kier alpha value is -3.29. The van der Waals surface area contributed by atoms with Crippen LogP contribution in [-0.4, -0.2) is 35.5 Å². The minimum atomic E-state index is -2.66. The van der Waals surface area contributed by atoms with Gasteiger partial charge in [0, 0.05) is 43.0 Å². The number of oxazole rings is 1. The zero-order chi connectivity index (χ0) is 21.1. The average molecular weight is 413 g/mol.